The molecule has 0 radical (unpaired) electrons. The quantitative estimate of drug-likeness (QED) is 0.658. The molecule has 0 saturated heterocycles. The lowest BCUT2D eigenvalue weighted by molar-refractivity contribution is 0.685. The number of fused-ring (bicyclic) bond motifs is 1. The molecule has 0 spiro atoms. The number of nitrogens with zero attached hydrogens (tertiary/aromatic N) is 4. The Morgan fingerprint density at radius 1 is 1.38 bits per heavy atom. The van der Waals surface area contributed by atoms with E-state index in [-0.39, 0.29) is 0 Å². The largest absolute Gasteiger partial charge is 0.351 e. The maximum absolute atomic E-state index is 5.84. The van der Waals surface area contributed by atoms with Crippen LogP contribution >= 0.6 is 0 Å². The molecule has 2 aromatic rings. The lowest BCUT2D eigenvalue weighted by Crippen LogP contribution is -2.21. The molecule has 2 atom stereocenters. The number of hydrogen-bond donors (Lipinski definition) is 3. The van der Waals surface area contributed by atoms with Gasteiger partial charge < -0.3 is 11.1 Å². The van der Waals surface area contributed by atoms with E-state index in [0.717, 1.165) is 19.3 Å². The number of nitrogens with two attached hydrogens (primary N) is 1. The van der Waals surface area contributed by atoms with Gasteiger partial charge in [-0.3, -0.25) is 0 Å². The molecule has 1 aliphatic carbocycles. The molecule has 0 amide bonds. The van der Waals surface area contributed by atoms with Gasteiger partial charge in [0, 0.05) is 12.1 Å². The third-order valence-corrected chi connectivity index (χ3v) is 2.88. The van der Waals surface area contributed by atoms with Gasteiger partial charge in [-0.1, -0.05) is 0 Å². The summed E-state index contributed by atoms with van der Waals surface area (Å²) in [6.45, 7) is 0. The number of hydrogen-bond acceptors (Lipinski definition) is 6. The van der Waals surface area contributed by atoms with Crippen molar-refractivity contribution in [2.75, 3.05) is 5.32 Å². The lowest BCUT2D eigenvalue weighted by atomic mass is 10.2. The molecule has 0 unspecified atom stereocenters. The molecule has 0 bridgehead atoms. The predicted octanol–water partition coefficient (Wildman–Crippen LogP) is 0.0396. The number of rotatable bonds is 2. The Morgan fingerprint density at radius 3 is 3.12 bits per heavy atom. The summed E-state index contributed by atoms with van der Waals surface area (Å²) in [6.07, 6.45) is 4.76. The van der Waals surface area contributed by atoms with E-state index >= 15 is 0 Å². The second-order valence-corrected chi connectivity index (χ2v) is 4.14. The van der Waals surface area contributed by atoms with Gasteiger partial charge in [-0.05, 0) is 19.3 Å². The van der Waals surface area contributed by atoms with E-state index < -0.39 is 0 Å². The van der Waals surface area contributed by atoms with Crippen LogP contribution < -0.4 is 11.1 Å². The first-order valence-electron chi connectivity index (χ1n) is 5.37. The fourth-order valence-electron chi connectivity index (χ4n) is 2.05. The molecule has 0 aliphatic heterocycles. The van der Waals surface area contributed by atoms with Crippen molar-refractivity contribution in [2.24, 2.45) is 5.73 Å². The molecule has 1 fully saturated rings. The van der Waals surface area contributed by atoms with Crippen LogP contribution in [0.5, 0.6) is 0 Å². The minimum Gasteiger partial charge on any atom is -0.351 e. The molecule has 4 N–H and O–H groups in total. The zero-order valence-corrected chi connectivity index (χ0v) is 8.72. The molecular formula is C9H13N7. The van der Waals surface area contributed by atoms with Crippen LogP contribution in [0.4, 0.5) is 5.95 Å². The molecule has 7 nitrogen and oxygen atoms in total. The van der Waals surface area contributed by atoms with Crippen molar-refractivity contribution in [2.45, 2.75) is 31.3 Å². The van der Waals surface area contributed by atoms with Crippen LogP contribution in [-0.4, -0.2) is 37.5 Å². The Kier molecular flexibility index (Phi) is 2.17. The number of aromatic amines is 1. The molecule has 1 aliphatic rings. The highest BCUT2D eigenvalue weighted by atomic mass is 15.3. The van der Waals surface area contributed by atoms with E-state index in [9.17, 15) is 0 Å². The highest BCUT2D eigenvalue weighted by Crippen LogP contribution is 2.20. The molecule has 1 saturated carbocycles. The summed E-state index contributed by atoms with van der Waals surface area (Å²) >= 11 is 0. The fourth-order valence-corrected chi connectivity index (χ4v) is 2.05. The molecule has 0 aromatic carbocycles. The third kappa shape index (κ3) is 1.69. The summed E-state index contributed by atoms with van der Waals surface area (Å²) in [5.74, 6) is 0.598. The molecule has 16 heavy (non-hydrogen) atoms. The zero-order valence-electron chi connectivity index (χ0n) is 8.72. The highest BCUT2D eigenvalue weighted by Gasteiger charge is 2.22. The first-order chi connectivity index (χ1) is 7.81. The van der Waals surface area contributed by atoms with Gasteiger partial charge in [-0.2, -0.15) is 15.3 Å². The SMILES string of the molecule is N[C@H]1CC[C@H](Nc2ncc3n[nH]nc3n2)C1. The van der Waals surface area contributed by atoms with E-state index in [1.54, 1.807) is 6.20 Å². The minimum absolute atomic E-state index is 0.299. The van der Waals surface area contributed by atoms with Crippen molar-refractivity contribution in [3.63, 3.8) is 0 Å². The van der Waals surface area contributed by atoms with Gasteiger partial charge in [0.05, 0.1) is 6.20 Å². The predicted molar refractivity (Wildman–Crippen MR) is 58.7 cm³/mol. The first kappa shape index (κ1) is 9.46. The summed E-state index contributed by atoms with van der Waals surface area (Å²) in [5.41, 5.74) is 7.10. The Labute approximate surface area is 91.8 Å². The minimum atomic E-state index is 0.299. The van der Waals surface area contributed by atoms with Crippen LogP contribution in [0.15, 0.2) is 6.20 Å². The second-order valence-electron chi connectivity index (χ2n) is 4.14. The Bertz CT molecular complexity index is 493. The summed E-state index contributed by atoms with van der Waals surface area (Å²) in [7, 11) is 0. The topological polar surface area (TPSA) is 105 Å². The van der Waals surface area contributed by atoms with E-state index in [1.807, 2.05) is 0 Å². The average molecular weight is 219 g/mol. The van der Waals surface area contributed by atoms with Gasteiger partial charge in [0.1, 0.15) is 5.52 Å². The monoisotopic (exact) mass is 219 g/mol. The van der Waals surface area contributed by atoms with E-state index in [0.29, 0.717) is 29.2 Å². The maximum atomic E-state index is 5.84. The number of H-pyrrole nitrogens is 1. The fraction of sp³-hybridized carbons (Fsp3) is 0.556. The first-order valence-corrected chi connectivity index (χ1v) is 5.37. The Morgan fingerprint density at radius 2 is 2.31 bits per heavy atom. The van der Waals surface area contributed by atoms with Gasteiger partial charge in [-0.25, -0.2) is 4.98 Å². The van der Waals surface area contributed by atoms with Crippen molar-refractivity contribution < 1.29 is 0 Å². The Hall–Kier alpha value is -1.76. The molecular weight excluding hydrogens is 206 g/mol. The van der Waals surface area contributed by atoms with Crippen LogP contribution in [0.25, 0.3) is 11.2 Å². The molecule has 7 heteroatoms. The molecule has 84 valence electrons. The van der Waals surface area contributed by atoms with Crippen LogP contribution in [0, 0.1) is 0 Å². The maximum Gasteiger partial charge on any atom is 0.225 e. The number of nitrogens with one attached hydrogen (secondary N) is 2. The lowest BCUT2D eigenvalue weighted by Gasteiger charge is -2.11. The smallest absolute Gasteiger partial charge is 0.225 e. The third-order valence-electron chi connectivity index (χ3n) is 2.88. The summed E-state index contributed by atoms with van der Waals surface area (Å²) < 4.78 is 0. The van der Waals surface area contributed by atoms with E-state index in [1.165, 1.54) is 0 Å². The molecule has 3 rings (SSSR count). The van der Waals surface area contributed by atoms with Crippen LogP contribution in [0.2, 0.25) is 0 Å². The van der Waals surface area contributed by atoms with Gasteiger partial charge >= 0.3 is 0 Å². The Balaban J connectivity index is 1.78. The van der Waals surface area contributed by atoms with Gasteiger partial charge in [0.15, 0.2) is 0 Å². The summed E-state index contributed by atoms with van der Waals surface area (Å²) in [6, 6.07) is 0.674. The van der Waals surface area contributed by atoms with Gasteiger partial charge in [-0.15, -0.1) is 5.10 Å². The van der Waals surface area contributed by atoms with E-state index in [4.69, 9.17) is 5.73 Å². The molecule has 2 heterocycles. The zero-order chi connectivity index (χ0) is 11.0. The molecule has 2 aromatic heterocycles. The number of anilines is 1. The normalized spacial score (nSPS) is 25.1. The van der Waals surface area contributed by atoms with E-state index in [2.05, 4.69) is 30.7 Å². The van der Waals surface area contributed by atoms with Crippen molar-refractivity contribution in [3.05, 3.63) is 6.20 Å². The van der Waals surface area contributed by atoms with Crippen LogP contribution in [0.1, 0.15) is 19.3 Å². The second kappa shape index (κ2) is 3.67. The average Bonchev–Trinajstić information content (AvgIpc) is 2.87. The van der Waals surface area contributed by atoms with Gasteiger partial charge in [0.25, 0.3) is 0 Å². The standard InChI is InChI=1S/C9H13N7/c10-5-1-2-6(3-5)12-9-11-4-7-8(13-9)15-16-14-7/h4-6H,1-3,10H2,(H2,11,12,13,14,15,16)/t5-,6-/m0/s1. The van der Waals surface area contributed by atoms with Crippen molar-refractivity contribution in [1.29, 1.82) is 0 Å². The van der Waals surface area contributed by atoms with Gasteiger partial charge in [0.2, 0.25) is 11.6 Å². The van der Waals surface area contributed by atoms with Crippen molar-refractivity contribution >= 4 is 17.1 Å². The van der Waals surface area contributed by atoms with Crippen LogP contribution in [-0.2, 0) is 0 Å². The number of aromatic nitrogens is 5. The van der Waals surface area contributed by atoms with Crippen LogP contribution in [0.3, 0.4) is 0 Å². The van der Waals surface area contributed by atoms with Crippen molar-refractivity contribution in [1.82, 2.24) is 25.4 Å². The summed E-state index contributed by atoms with van der Waals surface area (Å²) in [4.78, 5) is 8.44. The van der Waals surface area contributed by atoms with Crippen molar-refractivity contribution in [3.8, 4) is 0 Å². The highest BCUT2D eigenvalue weighted by molar-refractivity contribution is 5.68. The summed E-state index contributed by atoms with van der Waals surface area (Å²) in [5, 5.41) is 13.6.